The first kappa shape index (κ1) is 16.6. The second-order valence-corrected chi connectivity index (χ2v) is 8.04. The van der Waals surface area contributed by atoms with Crippen molar-refractivity contribution in [3.05, 3.63) is 54.0 Å². The highest BCUT2D eigenvalue weighted by Gasteiger charge is 2.35. The minimum atomic E-state index is -3.09. The van der Waals surface area contributed by atoms with Gasteiger partial charge in [-0.15, -0.1) is 0 Å². The Morgan fingerprint density at radius 2 is 2.04 bits per heavy atom. The van der Waals surface area contributed by atoms with Gasteiger partial charge in [-0.2, -0.15) is 0 Å². The number of carbonyl (C=O) groups excluding carboxylic acids is 1. The van der Waals surface area contributed by atoms with Crippen molar-refractivity contribution in [3.63, 3.8) is 0 Å². The fraction of sp³-hybridized carbons (Fsp3) is 0.353. The molecule has 1 aliphatic rings. The van der Waals surface area contributed by atoms with Crippen molar-refractivity contribution in [2.75, 3.05) is 18.6 Å². The summed E-state index contributed by atoms with van der Waals surface area (Å²) in [4.78, 5) is 14.3. The van der Waals surface area contributed by atoms with E-state index in [1.54, 1.807) is 24.1 Å². The van der Waals surface area contributed by atoms with E-state index in [0.717, 1.165) is 11.3 Å². The first-order chi connectivity index (χ1) is 11.5. The van der Waals surface area contributed by atoms with E-state index in [4.69, 9.17) is 9.15 Å². The predicted octanol–water partition coefficient (Wildman–Crippen LogP) is 2.12. The molecule has 24 heavy (non-hydrogen) atoms. The van der Waals surface area contributed by atoms with Gasteiger partial charge in [-0.1, -0.05) is 12.1 Å². The SMILES string of the molecule is COc1ccc(CN(C(=O)c2ccco2)[C@@H]2CCS(=O)(=O)C2)cc1. The number of amides is 1. The van der Waals surface area contributed by atoms with Crippen LogP contribution in [-0.4, -0.2) is 43.9 Å². The van der Waals surface area contributed by atoms with Gasteiger partial charge in [-0.05, 0) is 36.2 Å². The molecule has 1 atom stereocenters. The fourth-order valence-corrected chi connectivity index (χ4v) is 4.59. The van der Waals surface area contributed by atoms with Crippen LogP contribution >= 0.6 is 0 Å². The van der Waals surface area contributed by atoms with Crippen LogP contribution in [0.4, 0.5) is 0 Å². The number of furan rings is 1. The monoisotopic (exact) mass is 349 g/mol. The molecule has 0 saturated carbocycles. The van der Waals surface area contributed by atoms with Gasteiger partial charge in [0.05, 0.1) is 24.9 Å². The van der Waals surface area contributed by atoms with E-state index in [2.05, 4.69) is 0 Å². The molecule has 0 aliphatic carbocycles. The van der Waals surface area contributed by atoms with Gasteiger partial charge >= 0.3 is 0 Å². The zero-order chi connectivity index (χ0) is 17.2. The Hall–Kier alpha value is -2.28. The zero-order valence-electron chi connectivity index (χ0n) is 13.3. The molecule has 0 N–H and O–H groups in total. The van der Waals surface area contributed by atoms with Gasteiger partial charge in [0, 0.05) is 12.6 Å². The third-order valence-corrected chi connectivity index (χ3v) is 5.90. The molecule has 1 amide bonds. The maximum Gasteiger partial charge on any atom is 0.290 e. The van der Waals surface area contributed by atoms with Crippen LogP contribution in [0.15, 0.2) is 47.1 Å². The third-order valence-electron chi connectivity index (χ3n) is 4.15. The molecule has 128 valence electrons. The molecule has 1 saturated heterocycles. The van der Waals surface area contributed by atoms with Crippen molar-refractivity contribution < 1.29 is 22.4 Å². The summed E-state index contributed by atoms with van der Waals surface area (Å²) in [7, 11) is -1.50. The Morgan fingerprint density at radius 1 is 1.29 bits per heavy atom. The van der Waals surface area contributed by atoms with E-state index in [-0.39, 0.29) is 29.2 Å². The summed E-state index contributed by atoms with van der Waals surface area (Å²) >= 11 is 0. The number of ether oxygens (including phenoxy) is 1. The lowest BCUT2D eigenvalue weighted by atomic mass is 10.1. The standard InChI is InChI=1S/C17H19NO5S/c1-22-15-6-4-13(5-7-15)11-18(14-8-10-24(20,21)12-14)17(19)16-3-2-9-23-16/h2-7,9,14H,8,10-12H2,1H3/t14-/m1/s1. The van der Waals surface area contributed by atoms with Crippen LogP contribution in [-0.2, 0) is 16.4 Å². The van der Waals surface area contributed by atoms with Gasteiger partial charge in [0.2, 0.25) is 0 Å². The van der Waals surface area contributed by atoms with Crippen LogP contribution in [0.25, 0.3) is 0 Å². The molecule has 0 unspecified atom stereocenters. The second kappa shape index (κ2) is 6.68. The van der Waals surface area contributed by atoms with E-state index in [9.17, 15) is 13.2 Å². The van der Waals surface area contributed by atoms with Gasteiger partial charge in [0.15, 0.2) is 15.6 Å². The summed E-state index contributed by atoms with van der Waals surface area (Å²) in [5, 5.41) is 0. The second-order valence-electron chi connectivity index (χ2n) is 5.82. The average molecular weight is 349 g/mol. The maximum atomic E-state index is 12.7. The van der Waals surface area contributed by atoms with E-state index in [1.807, 2.05) is 24.3 Å². The van der Waals surface area contributed by atoms with Crippen LogP contribution in [0.2, 0.25) is 0 Å². The number of rotatable bonds is 5. The molecule has 0 radical (unpaired) electrons. The summed E-state index contributed by atoms with van der Waals surface area (Å²) in [6.07, 6.45) is 1.88. The highest BCUT2D eigenvalue weighted by atomic mass is 32.2. The zero-order valence-corrected chi connectivity index (χ0v) is 14.2. The molecule has 3 rings (SSSR count). The fourth-order valence-electron chi connectivity index (χ4n) is 2.86. The molecule has 1 fully saturated rings. The first-order valence-electron chi connectivity index (χ1n) is 7.66. The van der Waals surface area contributed by atoms with Crippen LogP contribution in [0.5, 0.6) is 5.75 Å². The van der Waals surface area contributed by atoms with Gasteiger partial charge in [0.1, 0.15) is 5.75 Å². The Bertz CT molecular complexity index is 796. The predicted molar refractivity (Wildman–Crippen MR) is 88.6 cm³/mol. The van der Waals surface area contributed by atoms with Gasteiger partial charge in [0.25, 0.3) is 5.91 Å². The lowest BCUT2D eigenvalue weighted by molar-refractivity contribution is 0.0648. The van der Waals surface area contributed by atoms with Crippen molar-refractivity contribution >= 4 is 15.7 Å². The molecular formula is C17H19NO5S. The Balaban J connectivity index is 1.85. The van der Waals surface area contributed by atoms with Crippen molar-refractivity contribution in [2.24, 2.45) is 0 Å². The largest absolute Gasteiger partial charge is 0.497 e. The third kappa shape index (κ3) is 3.62. The number of nitrogens with zero attached hydrogens (tertiary/aromatic N) is 1. The highest BCUT2D eigenvalue weighted by Crippen LogP contribution is 2.23. The molecule has 0 bridgehead atoms. The molecule has 1 aromatic heterocycles. The van der Waals surface area contributed by atoms with Gasteiger partial charge in [-0.25, -0.2) is 8.42 Å². The lowest BCUT2D eigenvalue weighted by Crippen LogP contribution is -2.40. The van der Waals surface area contributed by atoms with Gasteiger partial charge < -0.3 is 14.1 Å². The summed E-state index contributed by atoms with van der Waals surface area (Å²) in [6.45, 7) is 0.323. The van der Waals surface area contributed by atoms with Crippen molar-refractivity contribution in [3.8, 4) is 5.75 Å². The summed E-state index contributed by atoms with van der Waals surface area (Å²) < 4.78 is 34.0. The van der Waals surface area contributed by atoms with Crippen LogP contribution in [0.3, 0.4) is 0 Å². The molecule has 1 aliphatic heterocycles. The minimum Gasteiger partial charge on any atom is -0.497 e. The number of benzene rings is 1. The number of carbonyl (C=O) groups is 1. The first-order valence-corrected chi connectivity index (χ1v) is 9.48. The number of hydrogen-bond donors (Lipinski definition) is 0. The van der Waals surface area contributed by atoms with Crippen molar-refractivity contribution in [1.82, 2.24) is 4.90 Å². The van der Waals surface area contributed by atoms with E-state index in [1.165, 1.54) is 6.26 Å². The minimum absolute atomic E-state index is 0.00436. The number of sulfone groups is 1. The van der Waals surface area contributed by atoms with Crippen molar-refractivity contribution in [2.45, 2.75) is 19.0 Å². The number of methoxy groups -OCH3 is 1. The maximum absolute atomic E-state index is 12.7. The van der Waals surface area contributed by atoms with E-state index >= 15 is 0 Å². The normalized spacial score (nSPS) is 19.1. The molecule has 0 spiro atoms. The molecular weight excluding hydrogens is 330 g/mol. The van der Waals surface area contributed by atoms with Crippen LogP contribution in [0, 0.1) is 0 Å². The number of hydrogen-bond acceptors (Lipinski definition) is 5. The topological polar surface area (TPSA) is 76.8 Å². The van der Waals surface area contributed by atoms with Gasteiger partial charge in [-0.3, -0.25) is 4.79 Å². The Labute approximate surface area is 140 Å². The molecule has 6 nitrogen and oxygen atoms in total. The van der Waals surface area contributed by atoms with E-state index < -0.39 is 9.84 Å². The average Bonchev–Trinajstić information content (AvgIpc) is 3.22. The lowest BCUT2D eigenvalue weighted by Gasteiger charge is -2.27. The van der Waals surface area contributed by atoms with Crippen LogP contribution < -0.4 is 4.74 Å². The van der Waals surface area contributed by atoms with E-state index in [0.29, 0.717) is 13.0 Å². The molecule has 1 aromatic carbocycles. The molecule has 2 aromatic rings. The Kier molecular flexibility index (Phi) is 4.62. The Morgan fingerprint density at radius 3 is 2.58 bits per heavy atom. The highest BCUT2D eigenvalue weighted by molar-refractivity contribution is 7.91. The summed E-state index contributed by atoms with van der Waals surface area (Å²) in [5.74, 6) is 0.759. The molecule has 7 heteroatoms. The molecule has 2 heterocycles. The summed E-state index contributed by atoms with van der Waals surface area (Å²) in [5.41, 5.74) is 0.903. The summed E-state index contributed by atoms with van der Waals surface area (Å²) in [6, 6.07) is 10.3. The quantitative estimate of drug-likeness (QED) is 0.826. The van der Waals surface area contributed by atoms with Crippen LogP contribution in [0.1, 0.15) is 22.5 Å². The smallest absolute Gasteiger partial charge is 0.290 e. The van der Waals surface area contributed by atoms with Crippen molar-refractivity contribution in [1.29, 1.82) is 0 Å².